The maximum Gasteiger partial charge on any atom is 0.238 e. The van der Waals surface area contributed by atoms with Crippen LogP contribution in [0.15, 0.2) is 34.9 Å². The molecule has 0 bridgehead atoms. The van der Waals surface area contributed by atoms with E-state index in [0.717, 1.165) is 42.9 Å². The van der Waals surface area contributed by atoms with Gasteiger partial charge < -0.3 is 15.2 Å². The molecule has 1 saturated heterocycles. The number of rotatable bonds is 6. The zero-order valence-corrected chi connectivity index (χ0v) is 15.8. The van der Waals surface area contributed by atoms with E-state index >= 15 is 0 Å². The van der Waals surface area contributed by atoms with Gasteiger partial charge in [-0.1, -0.05) is 23.4 Å². The summed E-state index contributed by atoms with van der Waals surface area (Å²) in [4.78, 5) is 26.6. The maximum atomic E-state index is 12.3. The third kappa shape index (κ3) is 5.40. The van der Waals surface area contributed by atoms with E-state index in [1.54, 1.807) is 0 Å². The molecule has 1 fully saturated rings. The first-order valence-electron chi connectivity index (χ1n) is 9.29. The molecule has 2 amide bonds. The second-order valence-corrected chi connectivity index (χ2v) is 7.01. The van der Waals surface area contributed by atoms with Crippen LogP contribution >= 0.6 is 0 Å². The van der Waals surface area contributed by atoms with Gasteiger partial charge in [0.2, 0.25) is 11.8 Å². The van der Waals surface area contributed by atoms with Gasteiger partial charge in [-0.15, -0.1) is 0 Å². The molecule has 0 aliphatic carbocycles. The van der Waals surface area contributed by atoms with Crippen molar-refractivity contribution in [1.29, 1.82) is 0 Å². The largest absolute Gasteiger partial charge is 0.361 e. The van der Waals surface area contributed by atoms with Crippen LogP contribution in [0.2, 0.25) is 0 Å². The monoisotopic (exact) mass is 370 g/mol. The molecule has 0 radical (unpaired) electrons. The summed E-state index contributed by atoms with van der Waals surface area (Å²) < 4.78 is 5.11. The number of benzene rings is 1. The van der Waals surface area contributed by atoms with Gasteiger partial charge in [-0.2, -0.15) is 0 Å². The number of anilines is 1. The van der Waals surface area contributed by atoms with Gasteiger partial charge in [0.05, 0.1) is 18.7 Å². The Morgan fingerprint density at radius 2 is 1.85 bits per heavy atom. The summed E-state index contributed by atoms with van der Waals surface area (Å²) >= 11 is 0. The first kappa shape index (κ1) is 19.1. The van der Waals surface area contributed by atoms with Crippen molar-refractivity contribution in [2.45, 2.75) is 39.2 Å². The van der Waals surface area contributed by atoms with Crippen molar-refractivity contribution in [3.05, 3.63) is 47.3 Å². The van der Waals surface area contributed by atoms with Gasteiger partial charge in [-0.05, 0) is 38.8 Å². The van der Waals surface area contributed by atoms with Crippen LogP contribution in [0.3, 0.4) is 0 Å². The van der Waals surface area contributed by atoms with Crippen LogP contribution in [0.25, 0.3) is 0 Å². The minimum atomic E-state index is -0.0120. The van der Waals surface area contributed by atoms with Crippen LogP contribution in [-0.2, 0) is 16.0 Å². The molecule has 144 valence electrons. The molecule has 0 saturated carbocycles. The smallest absolute Gasteiger partial charge is 0.238 e. The lowest BCUT2D eigenvalue weighted by molar-refractivity contribution is -0.122. The van der Waals surface area contributed by atoms with Gasteiger partial charge in [-0.25, -0.2) is 0 Å². The minimum absolute atomic E-state index is 0.00956. The van der Waals surface area contributed by atoms with Crippen LogP contribution in [0.5, 0.6) is 0 Å². The Balaban J connectivity index is 1.39. The summed E-state index contributed by atoms with van der Waals surface area (Å²) in [7, 11) is 0. The Kier molecular flexibility index (Phi) is 6.24. The maximum absolute atomic E-state index is 12.3. The Morgan fingerprint density at radius 1 is 1.15 bits per heavy atom. The number of aromatic nitrogens is 1. The van der Waals surface area contributed by atoms with E-state index in [0.29, 0.717) is 18.7 Å². The van der Waals surface area contributed by atoms with E-state index in [9.17, 15) is 9.59 Å². The lowest BCUT2D eigenvalue weighted by Crippen LogP contribution is -2.46. The molecule has 2 aromatic rings. The zero-order chi connectivity index (χ0) is 19.2. The Morgan fingerprint density at radius 3 is 2.48 bits per heavy atom. The van der Waals surface area contributed by atoms with Crippen molar-refractivity contribution >= 4 is 17.5 Å². The highest BCUT2D eigenvalue weighted by Crippen LogP contribution is 2.15. The first-order valence-corrected chi connectivity index (χ1v) is 9.29. The highest BCUT2D eigenvalue weighted by atomic mass is 16.5. The SMILES string of the molecule is Cc1noc(C)c1CC(=O)NC1CCN(CC(=O)Nc2ccccc2)CC1. The number of likely N-dealkylation sites (tertiary alicyclic amines) is 1. The number of amides is 2. The molecule has 2 N–H and O–H groups in total. The van der Waals surface area contributed by atoms with E-state index in [-0.39, 0.29) is 17.9 Å². The molecule has 0 atom stereocenters. The second-order valence-electron chi connectivity index (χ2n) is 7.01. The molecule has 3 rings (SSSR count). The van der Waals surface area contributed by atoms with Crippen molar-refractivity contribution in [2.24, 2.45) is 0 Å². The third-order valence-electron chi connectivity index (χ3n) is 4.90. The van der Waals surface area contributed by atoms with Gasteiger partial charge in [0.25, 0.3) is 0 Å². The molecule has 1 aliphatic heterocycles. The quantitative estimate of drug-likeness (QED) is 0.813. The molecule has 1 aliphatic rings. The number of carbonyl (C=O) groups excluding carboxylic acids is 2. The fourth-order valence-electron chi connectivity index (χ4n) is 3.35. The van der Waals surface area contributed by atoms with Crippen LogP contribution in [0.4, 0.5) is 5.69 Å². The van der Waals surface area contributed by atoms with Crippen molar-refractivity contribution in [3.63, 3.8) is 0 Å². The van der Waals surface area contributed by atoms with Crippen LogP contribution in [0, 0.1) is 13.8 Å². The van der Waals surface area contributed by atoms with E-state index in [2.05, 4.69) is 20.7 Å². The molecule has 0 unspecified atom stereocenters. The topological polar surface area (TPSA) is 87.5 Å². The number of piperidine rings is 1. The molecule has 1 aromatic carbocycles. The Hall–Kier alpha value is -2.67. The molecular weight excluding hydrogens is 344 g/mol. The van der Waals surface area contributed by atoms with Crippen LogP contribution in [0.1, 0.15) is 29.9 Å². The summed E-state index contributed by atoms with van der Waals surface area (Å²) in [5, 5.41) is 9.88. The molecular formula is C20H26N4O3. The first-order chi connectivity index (χ1) is 13.0. The van der Waals surface area contributed by atoms with Crippen molar-refractivity contribution in [2.75, 3.05) is 25.0 Å². The number of aryl methyl sites for hydroxylation is 2. The van der Waals surface area contributed by atoms with E-state index in [4.69, 9.17) is 4.52 Å². The number of hydrogen-bond acceptors (Lipinski definition) is 5. The average molecular weight is 370 g/mol. The fourth-order valence-corrected chi connectivity index (χ4v) is 3.35. The van der Waals surface area contributed by atoms with Crippen LogP contribution in [-0.4, -0.2) is 47.5 Å². The highest BCUT2D eigenvalue weighted by molar-refractivity contribution is 5.92. The van der Waals surface area contributed by atoms with Crippen molar-refractivity contribution in [1.82, 2.24) is 15.4 Å². The summed E-state index contributed by atoms with van der Waals surface area (Å²) in [6, 6.07) is 9.60. The highest BCUT2D eigenvalue weighted by Gasteiger charge is 2.23. The van der Waals surface area contributed by atoms with E-state index < -0.39 is 0 Å². The summed E-state index contributed by atoms with van der Waals surface area (Å²) in [6.45, 7) is 5.62. The number of carbonyl (C=O) groups is 2. The number of nitrogens with one attached hydrogen (secondary N) is 2. The molecule has 27 heavy (non-hydrogen) atoms. The molecule has 0 spiro atoms. The lowest BCUT2D eigenvalue weighted by atomic mass is 10.0. The molecule has 7 nitrogen and oxygen atoms in total. The normalized spacial score (nSPS) is 15.5. The van der Waals surface area contributed by atoms with Gasteiger partial charge >= 0.3 is 0 Å². The van der Waals surface area contributed by atoms with Crippen molar-refractivity contribution in [3.8, 4) is 0 Å². The van der Waals surface area contributed by atoms with Crippen molar-refractivity contribution < 1.29 is 14.1 Å². The van der Waals surface area contributed by atoms with Gasteiger partial charge in [-0.3, -0.25) is 14.5 Å². The Bertz CT molecular complexity index is 760. The zero-order valence-electron chi connectivity index (χ0n) is 15.8. The molecule has 7 heteroatoms. The third-order valence-corrected chi connectivity index (χ3v) is 4.90. The molecule has 2 heterocycles. The standard InChI is InChI=1S/C20H26N4O3/c1-14-18(15(2)27-23-14)12-19(25)21-17-8-10-24(11-9-17)13-20(26)22-16-6-4-3-5-7-16/h3-7,17H,8-13H2,1-2H3,(H,21,25)(H,22,26). The van der Waals surface area contributed by atoms with E-state index in [1.807, 2.05) is 44.2 Å². The Labute approximate surface area is 159 Å². The summed E-state index contributed by atoms with van der Waals surface area (Å²) in [5.41, 5.74) is 2.44. The van der Waals surface area contributed by atoms with Gasteiger partial charge in [0, 0.05) is 30.4 Å². The number of para-hydroxylation sites is 1. The fraction of sp³-hybridized carbons (Fsp3) is 0.450. The lowest BCUT2D eigenvalue weighted by Gasteiger charge is -2.31. The minimum Gasteiger partial charge on any atom is -0.361 e. The second kappa shape index (κ2) is 8.81. The predicted molar refractivity (Wildman–Crippen MR) is 102 cm³/mol. The average Bonchev–Trinajstić information content (AvgIpc) is 2.96. The number of nitrogens with zero attached hydrogens (tertiary/aromatic N) is 2. The number of hydrogen-bond donors (Lipinski definition) is 2. The summed E-state index contributed by atoms with van der Waals surface area (Å²) in [6.07, 6.45) is 1.97. The van der Waals surface area contributed by atoms with E-state index in [1.165, 1.54) is 0 Å². The van der Waals surface area contributed by atoms with Crippen LogP contribution < -0.4 is 10.6 Å². The van der Waals surface area contributed by atoms with Gasteiger partial charge in [0.15, 0.2) is 0 Å². The van der Waals surface area contributed by atoms with Gasteiger partial charge in [0.1, 0.15) is 5.76 Å². The molecule has 1 aromatic heterocycles. The summed E-state index contributed by atoms with van der Waals surface area (Å²) in [5.74, 6) is 0.675. The predicted octanol–water partition coefficient (Wildman–Crippen LogP) is 2.05.